The normalized spacial score (nSPS) is 12.8. The highest BCUT2D eigenvalue weighted by Crippen LogP contribution is 2.33. The minimum absolute atomic E-state index is 0.0929. The standard InChI is InChI=1S/C18H24FNO2S/c1-11(2)8-9-12(3)20-18(21)17-13(10-22-4)16-14(19)6-5-7-15(16)23-17/h5-7,11-12H,8-10H2,1-4H3,(H,20,21). The average Bonchev–Trinajstić information content (AvgIpc) is 2.86. The number of halogens is 1. The molecule has 1 aromatic heterocycles. The first kappa shape index (κ1) is 17.9. The van der Waals surface area contributed by atoms with Crippen molar-refractivity contribution in [1.29, 1.82) is 0 Å². The van der Waals surface area contributed by atoms with Gasteiger partial charge in [0, 0.05) is 28.8 Å². The molecule has 5 heteroatoms. The topological polar surface area (TPSA) is 38.3 Å². The van der Waals surface area contributed by atoms with Crippen molar-refractivity contribution in [1.82, 2.24) is 5.32 Å². The summed E-state index contributed by atoms with van der Waals surface area (Å²) in [6.45, 7) is 6.56. The molecule has 1 amide bonds. The molecular weight excluding hydrogens is 313 g/mol. The number of carbonyl (C=O) groups excluding carboxylic acids is 1. The van der Waals surface area contributed by atoms with Gasteiger partial charge in [-0.25, -0.2) is 4.39 Å². The van der Waals surface area contributed by atoms with Gasteiger partial charge in [0.25, 0.3) is 5.91 Å². The number of hydrogen-bond acceptors (Lipinski definition) is 3. The van der Waals surface area contributed by atoms with Crippen molar-refractivity contribution in [3.05, 3.63) is 34.5 Å². The van der Waals surface area contributed by atoms with Crippen LogP contribution in [0.15, 0.2) is 18.2 Å². The molecule has 0 aliphatic carbocycles. The molecule has 0 aliphatic rings. The lowest BCUT2D eigenvalue weighted by atomic mass is 10.0. The fourth-order valence-corrected chi connectivity index (χ4v) is 3.70. The molecule has 0 saturated carbocycles. The summed E-state index contributed by atoms with van der Waals surface area (Å²) >= 11 is 1.32. The van der Waals surface area contributed by atoms with Crippen molar-refractivity contribution >= 4 is 27.3 Å². The zero-order valence-corrected chi connectivity index (χ0v) is 14.9. The number of amides is 1. The Balaban J connectivity index is 2.26. The summed E-state index contributed by atoms with van der Waals surface area (Å²) in [6, 6.07) is 5.01. The van der Waals surface area contributed by atoms with E-state index in [4.69, 9.17) is 4.74 Å². The summed E-state index contributed by atoms with van der Waals surface area (Å²) in [5.41, 5.74) is 0.638. The van der Waals surface area contributed by atoms with Gasteiger partial charge in [-0.05, 0) is 37.8 Å². The van der Waals surface area contributed by atoms with Crippen LogP contribution in [0.25, 0.3) is 10.1 Å². The Labute approximate surface area is 140 Å². The Kier molecular flexibility index (Phi) is 6.13. The maximum absolute atomic E-state index is 14.1. The Morgan fingerprint density at radius 1 is 1.30 bits per heavy atom. The Morgan fingerprint density at radius 3 is 2.70 bits per heavy atom. The van der Waals surface area contributed by atoms with Gasteiger partial charge in [-0.2, -0.15) is 0 Å². The maximum Gasteiger partial charge on any atom is 0.261 e. The molecule has 0 fully saturated rings. The van der Waals surface area contributed by atoms with Crippen LogP contribution in [0, 0.1) is 11.7 Å². The van der Waals surface area contributed by atoms with Crippen LogP contribution in [-0.4, -0.2) is 19.1 Å². The molecule has 2 aromatic rings. The lowest BCUT2D eigenvalue weighted by molar-refractivity contribution is 0.0937. The Morgan fingerprint density at radius 2 is 2.04 bits per heavy atom. The molecule has 2 rings (SSSR count). The van der Waals surface area contributed by atoms with Crippen molar-refractivity contribution < 1.29 is 13.9 Å². The summed E-state index contributed by atoms with van der Waals surface area (Å²) in [4.78, 5) is 13.1. The van der Waals surface area contributed by atoms with E-state index in [1.165, 1.54) is 17.4 Å². The summed E-state index contributed by atoms with van der Waals surface area (Å²) in [7, 11) is 1.55. The van der Waals surface area contributed by atoms with E-state index in [1.807, 2.05) is 13.0 Å². The molecular formula is C18H24FNO2S. The summed E-state index contributed by atoms with van der Waals surface area (Å²) < 4.78 is 20.1. The highest BCUT2D eigenvalue weighted by molar-refractivity contribution is 7.21. The second-order valence-corrected chi connectivity index (χ2v) is 7.35. The van der Waals surface area contributed by atoms with Gasteiger partial charge in [0.2, 0.25) is 0 Å². The first-order chi connectivity index (χ1) is 10.9. The van der Waals surface area contributed by atoms with Gasteiger partial charge in [-0.1, -0.05) is 19.9 Å². The molecule has 0 bridgehead atoms. The van der Waals surface area contributed by atoms with E-state index in [1.54, 1.807) is 13.2 Å². The maximum atomic E-state index is 14.1. The van der Waals surface area contributed by atoms with Crippen LogP contribution in [0.3, 0.4) is 0 Å². The predicted molar refractivity (Wildman–Crippen MR) is 93.5 cm³/mol. The summed E-state index contributed by atoms with van der Waals surface area (Å²) in [5, 5.41) is 3.52. The molecule has 3 nitrogen and oxygen atoms in total. The number of rotatable bonds is 7. The molecule has 1 N–H and O–H groups in total. The lowest BCUT2D eigenvalue weighted by Gasteiger charge is -2.15. The number of hydrogen-bond donors (Lipinski definition) is 1. The number of fused-ring (bicyclic) bond motifs is 1. The minimum atomic E-state index is -0.308. The average molecular weight is 337 g/mol. The Hall–Kier alpha value is -1.46. The van der Waals surface area contributed by atoms with E-state index >= 15 is 0 Å². The lowest BCUT2D eigenvalue weighted by Crippen LogP contribution is -2.32. The third-order valence-corrected chi connectivity index (χ3v) is 5.01. The second kappa shape index (κ2) is 7.88. The van der Waals surface area contributed by atoms with Gasteiger partial charge < -0.3 is 10.1 Å². The summed E-state index contributed by atoms with van der Waals surface area (Å²) in [5.74, 6) is 0.156. The van der Waals surface area contributed by atoms with Crippen LogP contribution >= 0.6 is 11.3 Å². The molecule has 1 heterocycles. The smallest absolute Gasteiger partial charge is 0.261 e. The van der Waals surface area contributed by atoms with Crippen molar-refractivity contribution in [2.24, 2.45) is 5.92 Å². The number of methoxy groups -OCH3 is 1. The number of ether oxygens (including phenoxy) is 1. The highest BCUT2D eigenvalue weighted by Gasteiger charge is 2.21. The van der Waals surface area contributed by atoms with Crippen LogP contribution in [0.5, 0.6) is 0 Å². The van der Waals surface area contributed by atoms with Crippen LogP contribution in [0.2, 0.25) is 0 Å². The third kappa shape index (κ3) is 4.30. The second-order valence-electron chi connectivity index (χ2n) is 6.30. The van der Waals surface area contributed by atoms with Crippen molar-refractivity contribution in [2.45, 2.75) is 46.3 Å². The molecule has 0 aliphatic heterocycles. The number of thiophene rings is 1. The monoisotopic (exact) mass is 337 g/mol. The van der Waals surface area contributed by atoms with Crippen molar-refractivity contribution in [2.75, 3.05) is 7.11 Å². The fourth-order valence-electron chi connectivity index (χ4n) is 2.58. The van der Waals surface area contributed by atoms with Crippen LogP contribution in [0.1, 0.15) is 48.8 Å². The molecule has 0 spiro atoms. The number of benzene rings is 1. The SMILES string of the molecule is COCc1c(C(=O)NC(C)CCC(C)C)sc2cccc(F)c12. The fraction of sp³-hybridized carbons (Fsp3) is 0.500. The quantitative estimate of drug-likeness (QED) is 0.792. The molecule has 1 atom stereocenters. The van der Waals surface area contributed by atoms with E-state index in [9.17, 15) is 9.18 Å². The van der Waals surface area contributed by atoms with Gasteiger partial charge in [0.05, 0.1) is 11.5 Å². The highest BCUT2D eigenvalue weighted by atomic mass is 32.1. The first-order valence-corrected chi connectivity index (χ1v) is 8.75. The molecule has 1 aromatic carbocycles. The molecule has 126 valence electrons. The van der Waals surface area contributed by atoms with Gasteiger partial charge in [0.15, 0.2) is 0 Å². The number of carbonyl (C=O) groups is 1. The van der Waals surface area contributed by atoms with Crippen LogP contribution in [0.4, 0.5) is 4.39 Å². The van der Waals surface area contributed by atoms with E-state index in [0.29, 0.717) is 21.7 Å². The van der Waals surface area contributed by atoms with Crippen LogP contribution < -0.4 is 5.32 Å². The first-order valence-electron chi connectivity index (χ1n) is 7.93. The van der Waals surface area contributed by atoms with Crippen molar-refractivity contribution in [3.8, 4) is 0 Å². The van der Waals surface area contributed by atoms with Gasteiger partial charge in [-0.3, -0.25) is 4.79 Å². The van der Waals surface area contributed by atoms with E-state index < -0.39 is 0 Å². The molecule has 1 unspecified atom stereocenters. The predicted octanol–water partition coefficient (Wildman–Crippen LogP) is 4.74. The summed E-state index contributed by atoms with van der Waals surface area (Å²) in [6.07, 6.45) is 2.00. The van der Waals surface area contributed by atoms with E-state index in [-0.39, 0.29) is 24.4 Å². The van der Waals surface area contributed by atoms with E-state index in [2.05, 4.69) is 19.2 Å². The Bertz CT molecular complexity index is 681. The zero-order valence-electron chi connectivity index (χ0n) is 14.1. The van der Waals surface area contributed by atoms with Crippen LogP contribution in [-0.2, 0) is 11.3 Å². The van der Waals surface area contributed by atoms with Gasteiger partial charge >= 0.3 is 0 Å². The van der Waals surface area contributed by atoms with E-state index in [0.717, 1.165) is 17.5 Å². The minimum Gasteiger partial charge on any atom is -0.380 e. The largest absolute Gasteiger partial charge is 0.380 e. The van der Waals surface area contributed by atoms with Crippen molar-refractivity contribution in [3.63, 3.8) is 0 Å². The molecule has 23 heavy (non-hydrogen) atoms. The molecule has 0 radical (unpaired) electrons. The third-order valence-electron chi connectivity index (χ3n) is 3.81. The van der Waals surface area contributed by atoms with Gasteiger partial charge in [0.1, 0.15) is 5.82 Å². The van der Waals surface area contributed by atoms with Gasteiger partial charge in [-0.15, -0.1) is 11.3 Å². The number of nitrogens with one attached hydrogen (secondary N) is 1. The zero-order chi connectivity index (χ0) is 17.0. The molecule has 0 saturated heterocycles.